The Morgan fingerprint density at radius 1 is 1.38 bits per heavy atom. The largest absolute Gasteiger partial charge is 0.491 e. The topological polar surface area (TPSA) is 38.8 Å². The number of terminal acetylenes is 1. The zero-order valence-electron chi connectivity index (χ0n) is 14.0. The van der Waals surface area contributed by atoms with E-state index < -0.39 is 5.82 Å². The number of benzene rings is 2. The number of ether oxygens (including phenoxy) is 2. The van der Waals surface area contributed by atoms with Gasteiger partial charge in [0.1, 0.15) is 24.3 Å². The first-order chi connectivity index (χ1) is 12.6. The normalized spacial score (nSPS) is 16.8. The van der Waals surface area contributed by atoms with Crippen molar-refractivity contribution >= 4 is 21.8 Å². The molecule has 0 spiro atoms. The standard InChI is InChI=1S/C20H17BrFNO3/c1-2-14-5-3-6-15(11-14)26-13-16-12-23(9-10-25-16)20(24)17-7-4-8-18(21)19(17)22/h1,3-8,11,16H,9-10,12-13H2. The SMILES string of the molecule is C#Cc1cccc(OCC2CN(C(=O)c3cccc(Br)c3F)CCO2)c1. The fraction of sp³-hybridized carbons (Fsp3) is 0.250. The summed E-state index contributed by atoms with van der Waals surface area (Å²) in [4.78, 5) is 14.2. The van der Waals surface area contributed by atoms with Crippen molar-refractivity contribution in [1.82, 2.24) is 4.90 Å². The Kier molecular flexibility index (Phi) is 5.92. The molecule has 1 heterocycles. The first kappa shape index (κ1) is 18.4. The van der Waals surface area contributed by atoms with Gasteiger partial charge in [-0.2, -0.15) is 0 Å². The van der Waals surface area contributed by atoms with Crippen LogP contribution in [-0.4, -0.2) is 43.2 Å². The molecule has 0 radical (unpaired) electrons. The lowest BCUT2D eigenvalue weighted by Crippen LogP contribution is -2.47. The van der Waals surface area contributed by atoms with Gasteiger partial charge in [0.2, 0.25) is 0 Å². The van der Waals surface area contributed by atoms with E-state index in [9.17, 15) is 9.18 Å². The molecule has 134 valence electrons. The molecule has 1 amide bonds. The van der Waals surface area contributed by atoms with Gasteiger partial charge in [-0.15, -0.1) is 6.42 Å². The van der Waals surface area contributed by atoms with Crippen molar-refractivity contribution in [2.75, 3.05) is 26.3 Å². The van der Waals surface area contributed by atoms with E-state index in [-0.39, 0.29) is 28.7 Å². The van der Waals surface area contributed by atoms with E-state index in [0.29, 0.717) is 25.4 Å². The lowest BCUT2D eigenvalue weighted by atomic mass is 10.1. The maximum absolute atomic E-state index is 14.2. The lowest BCUT2D eigenvalue weighted by molar-refractivity contribution is -0.0402. The van der Waals surface area contributed by atoms with Crippen LogP contribution in [0.3, 0.4) is 0 Å². The Morgan fingerprint density at radius 3 is 3.00 bits per heavy atom. The second-order valence-electron chi connectivity index (χ2n) is 5.83. The minimum atomic E-state index is -0.553. The van der Waals surface area contributed by atoms with Gasteiger partial charge in [-0.05, 0) is 46.3 Å². The Morgan fingerprint density at radius 2 is 2.19 bits per heavy atom. The minimum Gasteiger partial charge on any atom is -0.491 e. The maximum atomic E-state index is 14.2. The highest BCUT2D eigenvalue weighted by molar-refractivity contribution is 9.10. The van der Waals surface area contributed by atoms with Crippen molar-refractivity contribution in [2.45, 2.75) is 6.10 Å². The fourth-order valence-electron chi connectivity index (χ4n) is 2.71. The second-order valence-corrected chi connectivity index (χ2v) is 6.68. The predicted octanol–water partition coefficient (Wildman–Crippen LogP) is 3.49. The maximum Gasteiger partial charge on any atom is 0.257 e. The van der Waals surface area contributed by atoms with Crippen LogP contribution < -0.4 is 4.74 Å². The monoisotopic (exact) mass is 417 g/mol. The molecule has 0 N–H and O–H groups in total. The van der Waals surface area contributed by atoms with Crippen molar-refractivity contribution in [2.24, 2.45) is 0 Å². The van der Waals surface area contributed by atoms with Crippen molar-refractivity contribution in [3.63, 3.8) is 0 Å². The van der Waals surface area contributed by atoms with Crippen LogP contribution in [0.2, 0.25) is 0 Å². The molecule has 0 saturated carbocycles. The zero-order valence-corrected chi connectivity index (χ0v) is 15.5. The van der Waals surface area contributed by atoms with Crippen LogP contribution in [0.1, 0.15) is 15.9 Å². The molecule has 2 aromatic rings. The molecule has 1 aliphatic heterocycles. The van der Waals surface area contributed by atoms with Gasteiger partial charge in [0.25, 0.3) is 5.91 Å². The van der Waals surface area contributed by atoms with Crippen molar-refractivity contribution in [1.29, 1.82) is 0 Å². The highest BCUT2D eigenvalue weighted by Gasteiger charge is 2.27. The second kappa shape index (κ2) is 8.35. The van der Waals surface area contributed by atoms with E-state index in [0.717, 1.165) is 5.56 Å². The van der Waals surface area contributed by atoms with E-state index in [2.05, 4.69) is 21.9 Å². The molecule has 4 nitrogen and oxygen atoms in total. The summed E-state index contributed by atoms with van der Waals surface area (Å²) in [5.41, 5.74) is 0.775. The van der Waals surface area contributed by atoms with Crippen molar-refractivity contribution in [3.8, 4) is 18.1 Å². The molecular weight excluding hydrogens is 401 g/mol. The van der Waals surface area contributed by atoms with Crippen molar-refractivity contribution < 1.29 is 18.7 Å². The van der Waals surface area contributed by atoms with E-state index in [1.807, 2.05) is 18.2 Å². The fourth-order valence-corrected chi connectivity index (χ4v) is 3.07. The highest BCUT2D eigenvalue weighted by atomic mass is 79.9. The lowest BCUT2D eigenvalue weighted by Gasteiger charge is -2.33. The summed E-state index contributed by atoms with van der Waals surface area (Å²) in [6, 6.07) is 11.9. The third-order valence-corrected chi connectivity index (χ3v) is 4.66. The van der Waals surface area contributed by atoms with E-state index in [1.54, 1.807) is 23.1 Å². The van der Waals surface area contributed by atoms with E-state index in [1.165, 1.54) is 6.07 Å². The molecule has 0 aromatic heterocycles. The molecule has 6 heteroatoms. The Hall–Kier alpha value is -2.36. The minimum absolute atomic E-state index is 0.0441. The zero-order chi connectivity index (χ0) is 18.5. The molecule has 1 saturated heterocycles. The number of nitrogens with zero attached hydrogens (tertiary/aromatic N) is 1. The van der Waals surface area contributed by atoms with Crippen LogP contribution in [-0.2, 0) is 4.74 Å². The molecule has 1 fully saturated rings. The van der Waals surface area contributed by atoms with Gasteiger partial charge in [0.15, 0.2) is 0 Å². The average Bonchev–Trinajstić information content (AvgIpc) is 2.68. The van der Waals surface area contributed by atoms with Crippen LogP contribution >= 0.6 is 15.9 Å². The number of hydrogen-bond acceptors (Lipinski definition) is 3. The molecule has 3 rings (SSSR count). The summed E-state index contributed by atoms with van der Waals surface area (Å²) in [6.45, 7) is 1.39. The summed E-state index contributed by atoms with van der Waals surface area (Å²) in [7, 11) is 0. The number of carbonyl (C=O) groups is 1. The number of halogens is 2. The molecule has 1 unspecified atom stereocenters. The Balaban J connectivity index is 1.63. The van der Waals surface area contributed by atoms with Crippen LogP contribution in [0, 0.1) is 18.2 Å². The van der Waals surface area contributed by atoms with Crippen LogP contribution in [0.4, 0.5) is 4.39 Å². The van der Waals surface area contributed by atoms with Crippen molar-refractivity contribution in [3.05, 3.63) is 63.9 Å². The third kappa shape index (κ3) is 4.24. The molecule has 1 atom stereocenters. The van der Waals surface area contributed by atoms with Gasteiger partial charge in [0.05, 0.1) is 23.2 Å². The quantitative estimate of drug-likeness (QED) is 0.714. The van der Waals surface area contributed by atoms with Crippen LogP contribution in [0.15, 0.2) is 46.9 Å². The van der Waals surface area contributed by atoms with Gasteiger partial charge >= 0.3 is 0 Å². The number of morpholine rings is 1. The van der Waals surface area contributed by atoms with Gasteiger partial charge in [0, 0.05) is 12.1 Å². The number of hydrogen-bond donors (Lipinski definition) is 0. The van der Waals surface area contributed by atoms with E-state index >= 15 is 0 Å². The van der Waals surface area contributed by atoms with Gasteiger partial charge in [-0.3, -0.25) is 4.79 Å². The summed E-state index contributed by atoms with van der Waals surface area (Å²) in [5.74, 6) is 2.29. The first-order valence-electron chi connectivity index (χ1n) is 8.13. The molecule has 0 bridgehead atoms. The molecule has 1 aliphatic rings. The molecular formula is C20H17BrFNO3. The number of rotatable bonds is 4. The van der Waals surface area contributed by atoms with Crippen LogP contribution in [0.5, 0.6) is 5.75 Å². The Labute approximate surface area is 160 Å². The molecule has 2 aromatic carbocycles. The molecule has 26 heavy (non-hydrogen) atoms. The third-order valence-electron chi connectivity index (χ3n) is 4.04. The predicted molar refractivity (Wildman–Crippen MR) is 99.6 cm³/mol. The first-order valence-corrected chi connectivity index (χ1v) is 8.92. The summed E-state index contributed by atoms with van der Waals surface area (Å²) in [5, 5.41) is 0. The summed E-state index contributed by atoms with van der Waals surface area (Å²) in [6.07, 6.45) is 5.08. The summed E-state index contributed by atoms with van der Waals surface area (Å²) < 4.78 is 25.8. The summed E-state index contributed by atoms with van der Waals surface area (Å²) >= 11 is 3.11. The average molecular weight is 418 g/mol. The highest BCUT2D eigenvalue weighted by Crippen LogP contribution is 2.21. The number of amides is 1. The van der Waals surface area contributed by atoms with Gasteiger partial charge in [-0.25, -0.2) is 4.39 Å². The smallest absolute Gasteiger partial charge is 0.257 e. The van der Waals surface area contributed by atoms with E-state index in [4.69, 9.17) is 15.9 Å². The van der Waals surface area contributed by atoms with Gasteiger partial charge in [-0.1, -0.05) is 18.1 Å². The van der Waals surface area contributed by atoms with Crippen LogP contribution in [0.25, 0.3) is 0 Å². The van der Waals surface area contributed by atoms with Gasteiger partial charge < -0.3 is 14.4 Å². The molecule has 0 aliphatic carbocycles. The Bertz CT molecular complexity index is 849. The number of carbonyl (C=O) groups excluding carboxylic acids is 1.